The lowest BCUT2D eigenvalue weighted by atomic mass is 9.80. The lowest BCUT2D eigenvalue weighted by molar-refractivity contribution is 0.346. The third-order valence-corrected chi connectivity index (χ3v) is 3.66. The Bertz CT molecular complexity index is 342. The van der Waals surface area contributed by atoms with E-state index in [1.165, 1.54) is 31.2 Å². The minimum Gasteiger partial charge on any atom is -0.322 e. The Balaban J connectivity index is 2.08. The van der Waals surface area contributed by atoms with E-state index >= 15 is 0 Å². The van der Waals surface area contributed by atoms with E-state index in [0.29, 0.717) is 5.41 Å². The van der Waals surface area contributed by atoms with Crippen molar-refractivity contribution < 1.29 is 0 Å². The van der Waals surface area contributed by atoms with Gasteiger partial charge in [0.15, 0.2) is 0 Å². The van der Waals surface area contributed by atoms with E-state index in [1.807, 2.05) is 12.3 Å². The van der Waals surface area contributed by atoms with Crippen LogP contribution in [0.25, 0.3) is 0 Å². The number of aromatic nitrogens is 1. The molecule has 0 radical (unpaired) electrons. The lowest BCUT2D eigenvalue weighted by Crippen LogP contribution is -2.29. The fourth-order valence-electron chi connectivity index (χ4n) is 2.49. The Hall–Kier alpha value is -0.890. The Kier molecular flexibility index (Phi) is 1.34. The van der Waals surface area contributed by atoms with E-state index in [4.69, 9.17) is 5.73 Å². The Morgan fingerprint density at radius 3 is 3.00 bits per heavy atom. The number of rotatable bonds is 0. The molecule has 3 rings (SSSR count). The SMILES string of the molecule is NC1c2ncccc2CCC12CC2. The minimum absolute atomic E-state index is 0.206. The standard InChI is InChI=1S/C11H14N2/c12-10-9-8(2-1-7-13-9)3-4-11(10)5-6-11/h1-2,7,10H,3-6,12H2. The van der Waals surface area contributed by atoms with E-state index in [1.54, 1.807) is 0 Å². The molecule has 1 unspecified atom stereocenters. The second kappa shape index (κ2) is 2.32. The highest BCUT2D eigenvalue weighted by molar-refractivity contribution is 5.30. The molecule has 2 aliphatic rings. The molecule has 0 aliphatic heterocycles. The van der Waals surface area contributed by atoms with Crippen LogP contribution in [0, 0.1) is 5.41 Å². The normalized spacial score (nSPS) is 28.5. The van der Waals surface area contributed by atoms with Crippen LogP contribution in [-0.4, -0.2) is 4.98 Å². The predicted molar refractivity (Wildman–Crippen MR) is 51.2 cm³/mol. The summed E-state index contributed by atoms with van der Waals surface area (Å²) in [5.74, 6) is 0. The average Bonchev–Trinajstić information content (AvgIpc) is 2.94. The van der Waals surface area contributed by atoms with Gasteiger partial charge in [0, 0.05) is 6.20 Å². The van der Waals surface area contributed by atoms with Gasteiger partial charge in [-0.2, -0.15) is 0 Å². The molecule has 1 atom stereocenters. The summed E-state index contributed by atoms with van der Waals surface area (Å²) in [4.78, 5) is 4.41. The van der Waals surface area contributed by atoms with E-state index in [0.717, 1.165) is 5.69 Å². The van der Waals surface area contributed by atoms with Crippen molar-refractivity contribution in [2.75, 3.05) is 0 Å². The highest BCUT2D eigenvalue weighted by atomic mass is 14.8. The maximum Gasteiger partial charge on any atom is 0.0608 e. The summed E-state index contributed by atoms with van der Waals surface area (Å²) >= 11 is 0. The van der Waals surface area contributed by atoms with Crippen LogP contribution < -0.4 is 5.73 Å². The molecular weight excluding hydrogens is 160 g/mol. The van der Waals surface area contributed by atoms with Crippen LogP contribution in [-0.2, 0) is 6.42 Å². The van der Waals surface area contributed by atoms with Crippen LogP contribution >= 0.6 is 0 Å². The zero-order valence-electron chi connectivity index (χ0n) is 7.66. The number of nitrogens with two attached hydrogens (primary N) is 1. The third-order valence-electron chi connectivity index (χ3n) is 3.66. The molecule has 68 valence electrons. The lowest BCUT2D eigenvalue weighted by Gasteiger charge is -2.29. The molecule has 0 aromatic carbocycles. The van der Waals surface area contributed by atoms with E-state index < -0.39 is 0 Å². The maximum atomic E-state index is 6.22. The van der Waals surface area contributed by atoms with Gasteiger partial charge in [-0.05, 0) is 42.7 Å². The van der Waals surface area contributed by atoms with Crippen molar-refractivity contribution in [3.8, 4) is 0 Å². The van der Waals surface area contributed by atoms with E-state index in [-0.39, 0.29) is 6.04 Å². The third kappa shape index (κ3) is 0.953. The van der Waals surface area contributed by atoms with Gasteiger partial charge in [0.2, 0.25) is 0 Å². The van der Waals surface area contributed by atoms with Crippen LogP contribution in [0.2, 0.25) is 0 Å². The van der Waals surface area contributed by atoms with Crippen molar-refractivity contribution in [1.29, 1.82) is 0 Å². The summed E-state index contributed by atoms with van der Waals surface area (Å²) < 4.78 is 0. The molecule has 1 heterocycles. The summed E-state index contributed by atoms with van der Waals surface area (Å²) in [5.41, 5.74) is 9.20. The van der Waals surface area contributed by atoms with E-state index in [9.17, 15) is 0 Å². The number of hydrogen-bond donors (Lipinski definition) is 1. The fraction of sp³-hybridized carbons (Fsp3) is 0.545. The Morgan fingerprint density at radius 1 is 1.38 bits per heavy atom. The van der Waals surface area contributed by atoms with E-state index in [2.05, 4.69) is 11.1 Å². The molecule has 1 spiro atoms. The zero-order chi connectivity index (χ0) is 8.89. The largest absolute Gasteiger partial charge is 0.322 e. The first-order chi connectivity index (χ1) is 6.32. The highest BCUT2D eigenvalue weighted by Gasteiger charge is 2.50. The first kappa shape index (κ1) is 7.51. The molecular formula is C11H14N2. The number of pyridine rings is 1. The molecule has 2 heteroatoms. The molecule has 1 aromatic heterocycles. The molecule has 2 nitrogen and oxygen atoms in total. The van der Waals surface area contributed by atoms with Crippen molar-refractivity contribution in [3.63, 3.8) is 0 Å². The molecule has 1 aromatic rings. The highest BCUT2D eigenvalue weighted by Crippen LogP contribution is 2.59. The van der Waals surface area contributed by atoms with Crippen molar-refractivity contribution in [2.45, 2.75) is 31.7 Å². The second-order valence-corrected chi connectivity index (χ2v) is 4.39. The van der Waals surface area contributed by atoms with Gasteiger partial charge in [-0.25, -0.2) is 0 Å². The molecule has 0 saturated heterocycles. The zero-order valence-corrected chi connectivity index (χ0v) is 7.66. The van der Waals surface area contributed by atoms with Crippen LogP contribution in [0.1, 0.15) is 36.6 Å². The molecule has 1 fully saturated rings. The number of nitrogens with zero attached hydrogens (tertiary/aromatic N) is 1. The summed E-state index contributed by atoms with van der Waals surface area (Å²) in [7, 11) is 0. The van der Waals surface area contributed by atoms with Crippen LogP contribution in [0.5, 0.6) is 0 Å². The average molecular weight is 174 g/mol. The summed E-state index contributed by atoms with van der Waals surface area (Å²) in [6.07, 6.45) is 6.93. The smallest absolute Gasteiger partial charge is 0.0608 e. The topological polar surface area (TPSA) is 38.9 Å². The minimum atomic E-state index is 0.206. The van der Waals surface area contributed by atoms with Gasteiger partial charge in [0.1, 0.15) is 0 Å². The van der Waals surface area contributed by atoms with Gasteiger partial charge < -0.3 is 5.73 Å². The van der Waals surface area contributed by atoms with Crippen molar-refractivity contribution in [2.24, 2.45) is 11.1 Å². The van der Waals surface area contributed by atoms with Crippen LogP contribution in [0.15, 0.2) is 18.3 Å². The summed E-state index contributed by atoms with van der Waals surface area (Å²) in [6, 6.07) is 4.38. The molecule has 2 N–H and O–H groups in total. The van der Waals surface area contributed by atoms with Gasteiger partial charge in [-0.1, -0.05) is 6.07 Å². The predicted octanol–water partition coefficient (Wildman–Crippen LogP) is 1.81. The Morgan fingerprint density at radius 2 is 2.23 bits per heavy atom. The Labute approximate surface area is 78.2 Å². The van der Waals surface area contributed by atoms with Crippen LogP contribution in [0.4, 0.5) is 0 Å². The van der Waals surface area contributed by atoms with Gasteiger partial charge in [-0.3, -0.25) is 4.98 Å². The van der Waals surface area contributed by atoms with Gasteiger partial charge >= 0.3 is 0 Å². The van der Waals surface area contributed by atoms with Crippen molar-refractivity contribution in [1.82, 2.24) is 4.98 Å². The molecule has 0 amide bonds. The maximum absolute atomic E-state index is 6.22. The second-order valence-electron chi connectivity index (χ2n) is 4.39. The van der Waals surface area contributed by atoms with Crippen molar-refractivity contribution >= 4 is 0 Å². The quantitative estimate of drug-likeness (QED) is 0.651. The number of fused-ring (bicyclic) bond motifs is 1. The number of hydrogen-bond acceptors (Lipinski definition) is 2. The van der Waals surface area contributed by atoms with Crippen LogP contribution in [0.3, 0.4) is 0 Å². The fourth-order valence-corrected chi connectivity index (χ4v) is 2.49. The molecule has 2 aliphatic carbocycles. The van der Waals surface area contributed by atoms with Gasteiger partial charge in [0.25, 0.3) is 0 Å². The first-order valence-electron chi connectivity index (χ1n) is 5.01. The van der Waals surface area contributed by atoms with Gasteiger partial charge in [-0.15, -0.1) is 0 Å². The molecule has 0 bridgehead atoms. The van der Waals surface area contributed by atoms with Gasteiger partial charge in [0.05, 0.1) is 11.7 Å². The first-order valence-corrected chi connectivity index (χ1v) is 5.01. The van der Waals surface area contributed by atoms with Crippen molar-refractivity contribution in [3.05, 3.63) is 29.6 Å². The molecule has 13 heavy (non-hydrogen) atoms. The monoisotopic (exact) mass is 174 g/mol. The summed E-state index contributed by atoms with van der Waals surface area (Å²) in [6.45, 7) is 0. The number of aryl methyl sites for hydroxylation is 1. The molecule has 1 saturated carbocycles. The summed E-state index contributed by atoms with van der Waals surface area (Å²) in [5, 5.41) is 0.